The molecule has 7 nitrogen and oxygen atoms in total. The van der Waals surface area contributed by atoms with Crippen molar-refractivity contribution in [1.82, 2.24) is 0 Å². The molecule has 0 saturated heterocycles. The van der Waals surface area contributed by atoms with E-state index >= 15 is 0 Å². The van der Waals surface area contributed by atoms with Gasteiger partial charge in [0, 0.05) is 0 Å². The van der Waals surface area contributed by atoms with Crippen LogP contribution in [0, 0.1) is 0 Å². The summed E-state index contributed by atoms with van der Waals surface area (Å²) in [7, 11) is 5.70. The van der Waals surface area contributed by atoms with E-state index in [2.05, 4.69) is 0 Å². The SMILES string of the molecule is COc1ccc(/C=C/[Se](=O)(=O)c2cc(OC)c(OC)c(OC)c2)cc1O. The molecule has 0 aliphatic carbocycles. The molecule has 26 heavy (non-hydrogen) atoms. The molecular formula is C18H20O7Se. The first-order valence-electron chi connectivity index (χ1n) is 7.46. The Bertz CT molecular complexity index is 892. The average Bonchev–Trinajstić information content (AvgIpc) is 2.65. The molecule has 0 fully saturated rings. The summed E-state index contributed by atoms with van der Waals surface area (Å²) in [5.74, 6) is 1.06. The standard InChI is InChI=1S/C18H20O7Se/c1-22-15-6-5-12(9-14(15)19)7-8-26(20,21)13-10-16(23-2)18(25-4)17(11-13)24-3/h5-11,19H,1-4H3/b8-7+. The van der Waals surface area contributed by atoms with Crippen molar-refractivity contribution in [1.29, 1.82) is 0 Å². The average molecular weight is 427 g/mol. The predicted molar refractivity (Wildman–Crippen MR) is 96.6 cm³/mol. The number of methoxy groups -OCH3 is 4. The number of ether oxygens (including phenoxy) is 4. The Morgan fingerprint density at radius 1 is 0.846 bits per heavy atom. The summed E-state index contributed by atoms with van der Waals surface area (Å²) in [6.45, 7) is 0. The second kappa shape index (κ2) is 8.12. The summed E-state index contributed by atoms with van der Waals surface area (Å²) < 4.78 is 46.0. The molecule has 0 aliphatic heterocycles. The van der Waals surface area contributed by atoms with Crippen LogP contribution < -0.4 is 23.4 Å². The van der Waals surface area contributed by atoms with E-state index in [0.29, 0.717) is 17.1 Å². The van der Waals surface area contributed by atoms with Gasteiger partial charge in [-0.2, -0.15) is 0 Å². The first kappa shape index (κ1) is 19.6. The number of phenols is 1. The fourth-order valence-electron chi connectivity index (χ4n) is 2.28. The van der Waals surface area contributed by atoms with Crippen molar-refractivity contribution in [3.63, 3.8) is 0 Å². The number of phenolic OH excluding ortho intramolecular Hbond substituents is 1. The molecule has 0 radical (unpaired) electrons. The van der Waals surface area contributed by atoms with Gasteiger partial charge in [-0.3, -0.25) is 0 Å². The van der Waals surface area contributed by atoms with Crippen molar-refractivity contribution in [3.05, 3.63) is 40.9 Å². The summed E-state index contributed by atoms with van der Waals surface area (Å²) in [5.41, 5.74) is 0.518. The van der Waals surface area contributed by atoms with Crippen LogP contribution in [0.25, 0.3) is 6.08 Å². The number of rotatable bonds is 7. The second-order valence-electron chi connectivity index (χ2n) is 5.14. The minimum atomic E-state index is -4.65. The molecule has 2 aromatic carbocycles. The summed E-state index contributed by atoms with van der Waals surface area (Å²) in [5, 5.41) is 9.78. The van der Waals surface area contributed by atoms with Gasteiger partial charge in [0.15, 0.2) is 0 Å². The van der Waals surface area contributed by atoms with E-state index in [-0.39, 0.29) is 21.7 Å². The fourth-order valence-corrected chi connectivity index (χ4v) is 4.45. The molecule has 0 unspecified atom stereocenters. The Labute approximate surface area is 153 Å². The molecule has 0 saturated carbocycles. The van der Waals surface area contributed by atoms with Gasteiger partial charge in [0.25, 0.3) is 0 Å². The predicted octanol–water partition coefficient (Wildman–Crippen LogP) is 2.19. The van der Waals surface area contributed by atoms with E-state index in [4.69, 9.17) is 18.9 Å². The summed E-state index contributed by atoms with van der Waals surface area (Å²) >= 11 is -4.65. The van der Waals surface area contributed by atoms with Crippen molar-refractivity contribution in [3.8, 4) is 28.7 Å². The Balaban J connectivity index is 2.42. The van der Waals surface area contributed by atoms with Crippen molar-refractivity contribution < 1.29 is 31.7 Å². The van der Waals surface area contributed by atoms with Crippen LogP contribution in [0.5, 0.6) is 28.7 Å². The molecule has 0 amide bonds. The molecule has 0 aromatic heterocycles. The van der Waals surface area contributed by atoms with Crippen LogP contribution >= 0.6 is 0 Å². The van der Waals surface area contributed by atoms with Crippen LogP contribution in [0.2, 0.25) is 0 Å². The number of hydrogen-bond donors (Lipinski definition) is 1. The van der Waals surface area contributed by atoms with E-state index in [0.717, 1.165) is 4.97 Å². The van der Waals surface area contributed by atoms with Crippen molar-refractivity contribution in [2.75, 3.05) is 28.4 Å². The van der Waals surface area contributed by atoms with E-state index < -0.39 is 12.7 Å². The quantitative estimate of drug-likeness (QED) is 0.678. The second-order valence-corrected chi connectivity index (χ2v) is 8.99. The third kappa shape index (κ3) is 4.09. The summed E-state index contributed by atoms with van der Waals surface area (Å²) in [6.07, 6.45) is 1.41. The molecule has 1 N–H and O–H groups in total. The molecule has 2 rings (SSSR count). The van der Waals surface area contributed by atoms with E-state index in [1.165, 1.54) is 52.7 Å². The van der Waals surface area contributed by atoms with Crippen LogP contribution in [-0.4, -0.2) is 46.3 Å². The maximum atomic E-state index is 12.7. The summed E-state index contributed by atoms with van der Waals surface area (Å²) in [6, 6.07) is 7.37. The first-order chi connectivity index (χ1) is 12.4. The maximum absolute atomic E-state index is 12.7. The first-order valence-corrected chi connectivity index (χ1v) is 10.7. The van der Waals surface area contributed by atoms with Gasteiger partial charge >= 0.3 is 153 Å². The van der Waals surface area contributed by atoms with Crippen LogP contribution in [0.15, 0.2) is 35.3 Å². The summed E-state index contributed by atoms with van der Waals surface area (Å²) in [4.78, 5) is 1.11. The number of benzene rings is 2. The zero-order valence-electron chi connectivity index (χ0n) is 14.8. The van der Waals surface area contributed by atoms with Crippen molar-refractivity contribution in [2.45, 2.75) is 0 Å². The van der Waals surface area contributed by atoms with Crippen LogP contribution in [0.4, 0.5) is 0 Å². The third-order valence-corrected chi connectivity index (χ3v) is 6.52. The Kier molecular flexibility index (Phi) is 6.13. The van der Waals surface area contributed by atoms with E-state index in [1.54, 1.807) is 12.1 Å². The fraction of sp³-hybridized carbons (Fsp3) is 0.222. The topological polar surface area (TPSA) is 91.3 Å². The normalized spacial score (nSPS) is 11.4. The Morgan fingerprint density at radius 2 is 1.42 bits per heavy atom. The van der Waals surface area contributed by atoms with Gasteiger partial charge in [-0.15, -0.1) is 0 Å². The van der Waals surface area contributed by atoms with Gasteiger partial charge in [-0.05, 0) is 0 Å². The third-order valence-electron chi connectivity index (χ3n) is 3.61. The number of aromatic hydroxyl groups is 1. The van der Waals surface area contributed by atoms with Gasteiger partial charge < -0.3 is 0 Å². The molecule has 0 bridgehead atoms. The van der Waals surface area contributed by atoms with E-state index in [1.807, 2.05) is 0 Å². The van der Waals surface area contributed by atoms with Gasteiger partial charge in [0.2, 0.25) is 0 Å². The Morgan fingerprint density at radius 3 is 1.88 bits per heavy atom. The van der Waals surface area contributed by atoms with Crippen LogP contribution in [0.3, 0.4) is 0 Å². The minimum absolute atomic E-state index is 0.0599. The monoisotopic (exact) mass is 428 g/mol. The van der Waals surface area contributed by atoms with Crippen LogP contribution in [-0.2, 0) is 7.67 Å². The molecule has 0 atom stereocenters. The molecule has 0 spiro atoms. The van der Waals surface area contributed by atoms with Gasteiger partial charge in [-0.25, -0.2) is 0 Å². The zero-order valence-corrected chi connectivity index (χ0v) is 16.6. The molecule has 8 heteroatoms. The van der Waals surface area contributed by atoms with Crippen molar-refractivity contribution >= 4 is 23.2 Å². The molecule has 2 aromatic rings. The van der Waals surface area contributed by atoms with Gasteiger partial charge in [0.05, 0.1) is 0 Å². The molecule has 0 aliphatic rings. The van der Waals surface area contributed by atoms with Crippen LogP contribution in [0.1, 0.15) is 5.56 Å². The molecular weight excluding hydrogens is 407 g/mol. The van der Waals surface area contributed by atoms with Gasteiger partial charge in [-0.1, -0.05) is 0 Å². The molecule has 0 heterocycles. The van der Waals surface area contributed by atoms with Crippen molar-refractivity contribution in [2.24, 2.45) is 0 Å². The Hall–Kier alpha value is -2.70. The van der Waals surface area contributed by atoms with Gasteiger partial charge in [0.1, 0.15) is 0 Å². The zero-order chi connectivity index (χ0) is 19.3. The molecule has 140 valence electrons. The van der Waals surface area contributed by atoms with E-state index in [9.17, 15) is 12.8 Å². The number of hydrogen-bond acceptors (Lipinski definition) is 7.